The summed E-state index contributed by atoms with van der Waals surface area (Å²) in [6.45, 7) is 8.69. The van der Waals surface area contributed by atoms with Crippen molar-refractivity contribution in [2.45, 2.75) is 65.1 Å². The molecular formula is C15H26O2. The summed E-state index contributed by atoms with van der Waals surface area (Å²) in [7, 11) is 0. The highest BCUT2D eigenvalue weighted by molar-refractivity contribution is 5.16. The molecule has 3 rings (SSSR count). The van der Waals surface area contributed by atoms with E-state index in [4.69, 9.17) is 0 Å². The molecule has 0 aromatic rings. The van der Waals surface area contributed by atoms with Crippen LogP contribution in [0.25, 0.3) is 0 Å². The van der Waals surface area contributed by atoms with E-state index in [2.05, 4.69) is 20.8 Å². The van der Waals surface area contributed by atoms with Crippen molar-refractivity contribution in [3.63, 3.8) is 0 Å². The molecule has 0 aliphatic heterocycles. The molecule has 0 saturated heterocycles. The van der Waals surface area contributed by atoms with E-state index < -0.39 is 5.60 Å². The molecule has 0 amide bonds. The van der Waals surface area contributed by atoms with Gasteiger partial charge in [-0.25, -0.2) is 0 Å². The average molecular weight is 238 g/mol. The molecule has 6 atom stereocenters. The second kappa shape index (κ2) is 3.08. The number of rotatable bonds is 0. The molecular weight excluding hydrogens is 212 g/mol. The molecule has 0 bridgehead atoms. The Hall–Kier alpha value is -0.0800. The second-order valence-corrected chi connectivity index (χ2v) is 8.06. The number of aliphatic hydroxyl groups is 2. The first-order chi connectivity index (χ1) is 7.68. The van der Waals surface area contributed by atoms with Crippen LogP contribution in [-0.2, 0) is 0 Å². The lowest BCUT2D eigenvalue weighted by Crippen LogP contribution is -2.38. The van der Waals surface area contributed by atoms with Crippen LogP contribution in [0.5, 0.6) is 0 Å². The Morgan fingerprint density at radius 3 is 2.24 bits per heavy atom. The number of hydrogen-bond donors (Lipinski definition) is 2. The zero-order chi connectivity index (χ0) is 12.6. The molecule has 17 heavy (non-hydrogen) atoms. The van der Waals surface area contributed by atoms with Crippen molar-refractivity contribution in [1.82, 2.24) is 0 Å². The third-order valence-corrected chi connectivity index (χ3v) is 6.37. The van der Waals surface area contributed by atoms with Gasteiger partial charge in [-0.05, 0) is 61.2 Å². The maximum Gasteiger partial charge on any atom is 0.0651 e. The van der Waals surface area contributed by atoms with Gasteiger partial charge in [0, 0.05) is 0 Å². The summed E-state index contributed by atoms with van der Waals surface area (Å²) in [4.78, 5) is 0. The van der Waals surface area contributed by atoms with Crippen molar-refractivity contribution >= 4 is 0 Å². The molecule has 2 N–H and O–H groups in total. The van der Waals surface area contributed by atoms with E-state index in [-0.39, 0.29) is 11.5 Å². The van der Waals surface area contributed by atoms with Crippen LogP contribution < -0.4 is 0 Å². The molecule has 0 heterocycles. The van der Waals surface area contributed by atoms with E-state index in [9.17, 15) is 10.2 Å². The third-order valence-electron chi connectivity index (χ3n) is 6.37. The first-order valence-electron chi connectivity index (χ1n) is 7.09. The van der Waals surface area contributed by atoms with Crippen LogP contribution in [0.2, 0.25) is 0 Å². The molecule has 98 valence electrons. The topological polar surface area (TPSA) is 40.5 Å². The van der Waals surface area contributed by atoms with Crippen molar-refractivity contribution in [2.75, 3.05) is 0 Å². The van der Waals surface area contributed by atoms with Gasteiger partial charge < -0.3 is 10.2 Å². The maximum atomic E-state index is 10.6. The molecule has 2 heteroatoms. The van der Waals surface area contributed by atoms with E-state index in [1.165, 1.54) is 0 Å². The number of fused-ring (bicyclic) bond motifs is 3. The van der Waals surface area contributed by atoms with E-state index >= 15 is 0 Å². The fourth-order valence-electron chi connectivity index (χ4n) is 4.96. The third kappa shape index (κ3) is 1.46. The molecule has 3 saturated carbocycles. The Kier molecular flexibility index (Phi) is 2.17. The van der Waals surface area contributed by atoms with Crippen LogP contribution in [0.4, 0.5) is 0 Å². The molecule has 0 aromatic carbocycles. The minimum absolute atomic E-state index is 0.0455. The first kappa shape index (κ1) is 12.0. The summed E-state index contributed by atoms with van der Waals surface area (Å²) >= 11 is 0. The lowest BCUT2D eigenvalue weighted by molar-refractivity contribution is -0.0314. The lowest BCUT2D eigenvalue weighted by atomic mass is 9.72. The van der Waals surface area contributed by atoms with Crippen LogP contribution >= 0.6 is 0 Å². The van der Waals surface area contributed by atoms with Crippen molar-refractivity contribution in [1.29, 1.82) is 0 Å². The summed E-state index contributed by atoms with van der Waals surface area (Å²) in [6, 6.07) is 0. The Morgan fingerprint density at radius 1 is 0.941 bits per heavy atom. The quantitative estimate of drug-likeness (QED) is 0.681. The fraction of sp³-hybridized carbons (Fsp3) is 1.00. The summed E-state index contributed by atoms with van der Waals surface area (Å²) in [5.41, 5.74) is -0.253. The molecule has 0 aromatic heterocycles. The smallest absolute Gasteiger partial charge is 0.0651 e. The van der Waals surface area contributed by atoms with Gasteiger partial charge in [0.1, 0.15) is 0 Å². The van der Waals surface area contributed by atoms with Crippen LogP contribution in [-0.4, -0.2) is 21.9 Å². The molecule has 3 aliphatic rings. The van der Waals surface area contributed by atoms with Gasteiger partial charge >= 0.3 is 0 Å². The Balaban J connectivity index is 2.00. The van der Waals surface area contributed by atoms with Crippen molar-refractivity contribution in [2.24, 2.45) is 28.6 Å². The van der Waals surface area contributed by atoms with E-state index in [1.54, 1.807) is 0 Å². The molecule has 3 fully saturated rings. The molecule has 3 aliphatic carbocycles. The van der Waals surface area contributed by atoms with E-state index in [1.807, 2.05) is 6.92 Å². The average Bonchev–Trinajstić information content (AvgIpc) is 2.79. The molecule has 0 radical (unpaired) electrons. The van der Waals surface area contributed by atoms with Gasteiger partial charge in [0.15, 0.2) is 0 Å². The van der Waals surface area contributed by atoms with Crippen LogP contribution in [0, 0.1) is 28.6 Å². The van der Waals surface area contributed by atoms with Gasteiger partial charge in [-0.2, -0.15) is 0 Å². The first-order valence-corrected chi connectivity index (χ1v) is 7.09. The summed E-state index contributed by atoms with van der Waals surface area (Å²) < 4.78 is 0. The summed E-state index contributed by atoms with van der Waals surface area (Å²) in [5, 5.41) is 21.1. The monoisotopic (exact) mass is 238 g/mol. The highest BCUT2D eigenvalue weighted by Gasteiger charge is 2.67. The van der Waals surface area contributed by atoms with Crippen molar-refractivity contribution in [3.05, 3.63) is 0 Å². The van der Waals surface area contributed by atoms with Crippen LogP contribution in [0.15, 0.2) is 0 Å². The second-order valence-electron chi connectivity index (χ2n) is 8.06. The Morgan fingerprint density at radius 2 is 1.59 bits per heavy atom. The fourth-order valence-corrected chi connectivity index (χ4v) is 4.96. The number of hydrogen-bond acceptors (Lipinski definition) is 2. The highest BCUT2D eigenvalue weighted by atomic mass is 16.3. The molecule has 0 unspecified atom stereocenters. The van der Waals surface area contributed by atoms with Gasteiger partial charge in [-0.1, -0.05) is 20.8 Å². The normalized spacial score (nSPS) is 60.4. The highest BCUT2D eigenvalue weighted by Crippen LogP contribution is 2.70. The van der Waals surface area contributed by atoms with Gasteiger partial charge in [-0.15, -0.1) is 0 Å². The largest absolute Gasteiger partial charge is 0.392 e. The van der Waals surface area contributed by atoms with Gasteiger partial charge in [0.2, 0.25) is 0 Å². The predicted octanol–water partition coefficient (Wildman–Crippen LogP) is 2.58. The summed E-state index contributed by atoms with van der Waals surface area (Å²) in [5.74, 6) is 1.48. The van der Waals surface area contributed by atoms with E-state index in [0.717, 1.165) is 25.7 Å². The molecule has 2 nitrogen and oxygen atoms in total. The minimum Gasteiger partial charge on any atom is -0.392 e. The lowest BCUT2D eigenvalue weighted by Gasteiger charge is -2.37. The number of aliphatic hydroxyl groups excluding tert-OH is 1. The van der Waals surface area contributed by atoms with E-state index in [0.29, 0.717) is 23.2 Å². The predicted molar refractivity (Wildman–Crippen MR) is 67.5 cm³/mol. The maximum absolute atomic E-state index is 10.6. The van der Waals surface area contributed by atoms with Crippen molar-refractivity contribution in [3.8, 4) is 0 Å². The van der Waals surface area contributed by atoms with Crippen LogP contribution in [0.1, 0.15) is 53.4 Å². The van der Waals surface area contributed by atoms with Gasteiger partial charge in [-0.3, -0.25) is 0 Å². The SMILES string of the molecule is CC1(C)C[C@H]2[C@@H](CC[C@@]2(C)O)[C@@]2(C)C[C@@H]2[C@H]1O. The minimum atomic E-state index is -0.512. The zero-order valence-corrected chi connectivity index (χ0v) is 11.5. The standard InChI is InChI=1S/C15H26O2/c1-13(2)7-10-9(5-6-15(10,4)17)14(3)8-11(14)12(13)16/h9-12,16-17H,5-8H2,1-4H3/t9-,10+,11-,12-,14-,15-/m1/s1. The summed E-state index contributed by atoms with van der Waals surface area (Å²) in [6.07, 6.45) is 4.03. The zero-order valence-electron chi connectivity index (χ0n) is 11.5. The van der Waals surface area contributed by atoms with Gasteiger partial charge in [0.05, 0.1) is 11.7 Å². The molecule has 0 spiro atoms. The Labute approximate surface area is 104 Å². The van der Waals surface area contributed by atoms with Gasteiger partial charge in [0.25, 0.3) is 0 Å². The van der Waals surface area contributed by atoms with Crippen molar-refractivity contribution < 1.29 is 10.2 Å². The Bertz CT molecular complexity index is 347. The van der Waals surface area contributed by atoms with Crippen LogP contribution in [0.3, 0.4) is 0 Å².